The molecule has 0 heterocycles. The van der Waals surface area contributed by atoms with Gasteiger partial charge in [0.15, 0.2) is 0 Å². The van der Waals surface area contributed by atoms with Crippen LogP contribution in [-0.2, 0) is 9.59 Å². The van der Waals surface area contributed by atoms with Crippen LogP contribution in [0.25, 0.3) is 0 Å². The monoisotopic (exact) mass is 604 g/mol. The minimum absolute atomic E-state index is 0.110. The summed E-state index contributed by atoms with van der Waals surface area (Å²) in [4.78, 5) is 29.0. The van der Waals surface area contributed by atoms with E-state index in [0.29, 0.717) is 20.1 Å². The van der Waals surface area contributed by atoms with Crippen molar-refractivity contribution in [2.24, 2.45) is 23.7 Å². The smallest absolute Gasteiger partial charge is 0.141 e. The number of Topliss-reactive ketones (excluding diaryl/α,β-unsaturated/α-hetero) is 2. The highest BCUT2D eigenvalue weighted by Gasteiger charge is 2.70. The van der Waals surface area contributed by atoms with Gasteiger partial charge in [0.25, 0.3) is 0 Å². The fourth-order valence-electron chi connectivity index (χ4n) is 7.75. The maximum Gasteiger partial charge on any atom is 0.141 e. The lowest BCUT2D eigenvalue weighted by Gasteiger charge is -2.63. The second-order valence-electron chi connectivity index (χ2n) is 11.2. The first kappa shape index (κ1) is 26.3. The standard InChI is InChI=1S/C34H24Cl4O2/c35-21-9-1-17(2-10-21)25-26(18-3-11-22(36)12-4-18)30-29(25)33(39)31-27(19-5-13-23(37)14-6-19)28(32(31)34(30)40)20-7-15-24(38)16-8-20/h1-16,25-32H. The van der Waals surface area contributed by atoms with Crippen molar-refractivity contribution in [3.05, 3.63) is 139 Å². The number of carbonyl (C=O) groups excluding carboxylic acids is 2. The van der Waals surface area contributed by atoms with E-state index in [1.165, 1.54) is 0 Å². The largest absolute Gasteiger partial charge is 0.299 e. The summed E-state index contributed by atoms with van der Waals surface area (Å²) in [6.07, 6.45) is 0. The summed E-state index contributed by atoms with van der Waals surface area (Å²) in [5, 5.41) is 2.56. The maximum atomic E-state index is 14.5. The first-order chi connectivity index (χ1) is 19.3. The molecule has 0 saturated heterocycles. The molecular weight excluding hydrogens is 582 g/mol. The number of ketones is 2. The molecule has 0 bridgehead atoms. The molecule has 4 aromatic rings. The maximum absolute atomic E-state index is 14.5. The van der Waals surface area contributed by atoms with Crippen molar-refractivity contribution in [3.8, 4) is 0 Å². The van der Waals surface area contributed by atoms with Gasteiger partial charge in [-0.25, -0.2) is 0 Å². The van der Waals surface area contributed by atoms with Crippen LogP contribution < -0.4 is 0 Å². The molecule has 3 fully saturated rings. The first-order valence-electron chi connectivity index (χ1n) is 13.4. The van der Waals surface area contributed by atoms with E-state index in [2.05, 4.69) is 0 Å². The van der Waals surface area contributed by atoms with Crippen molar-refractivity contribution in [3.63, 3.8) is 0 Å². The summed E-state index contributed by atoms with van der Waals surface area (Å²) in [7, 11) is 0. The Labute approximate surface area is 253 Å². The van der Waals surface area contributed by atoms with Crippen LogP contribution in [0.4, 0.5) is 0 Å². The molecule has 40 heavy (non-hydrogen) atoms. The third kappa shape index (κ3) is 4.07. The average Bonchev–Trinajstić information content (AvgIpc) is 2.91. The van der Waals surface area contributed by atoms with E-state index < -0.39 is 0 Å². The molecule has 6 heteroatoms. The number of hydrogen-bond acceptors (Lipinski definition) is 2. The van der Waals surface area contributed by atoms with Crippen LogP contribution in [0.1, 0.15) is 45.9 Å². The Morgan fingerprint density at radius 3 is 0.650 bits per heavy atom. The minimum Gasteiger partial charge on any atom is -0.299 e. The van der Waals surface area contributed by atoms with Crippen molar-refractivity contribution >= 4 is 58.0 Å². The number of hydrogen-bond donors (Lipinski definition) is 0. The lowest BCUT2D eigenvalue weighted by atomic mass is 9.37. The van der Waals surface area contributed by atoms with E-state index in [4.69, 9.17) is 46.4 Å². The normalized spacial score (nSPS) is 30.6. The number of benzene rings is 4. The van der Waals surface area contributed by atoms with Gasteiger partial charge in [-0.2, -0.15) is 0 Å². The molecule has 0 aliphatic heterocycles. The fourth-order valence-corrected chi connectivity index (χ4v) is 8.26. The van der Waals surface area contributed by atoms with Crippen molar-refractivity contribution in [1.29, 1.82) is 0 Å². The number of rotatable bonds is 4. The molecule has 0 aromatic heterocycles. The van der Waals surface area contributed by atoms with Gasteiger partial charge in [-0.05, 0) is 70.8 Å². The molecular formula is C34H24Cl4O2. The summed E-state index contributed by atoms with van der Waals surface area (Å²) in [5.41, 5.74) is 4.12. The second kappa shape index (κ2) is 10.0. The van der Waals surface area contributed by atoms with Crippen LogP contribution in [0.3, 0.4) is 0 Å². The third-order valence-corrected chi connectivity index (χ3v) is 10.4. The zero-order chi connectivity index (χ0) is 27.7. The van der Waals surface area contributed by atoms with Crippen LogP contribution >= 0.6 is 46.4 Å². The highest BCUT2D eigenvalue weighted by atomic mass is 35.5. The van der Waals surface area contributed by atoms with Crippen LogP contribution in [-0.4, -0.2) is 11.6 Å². The number of halogens is 4. The molecule has 2 nitrogen and oxygen atoms in total. The Kier molecular flexibility index (Phi) is 6.59. The van der Waals surface area contributed by atoms with Gasteiger partial charge in [0.1, 0.15) is 11.6 Å². The van der Waals surface area contributed by atoms with Gasteiger partial charge >= 0.3 is 0 Å². The molecule has 0 amide bonds. The van der Waals surface area contributed by atoms with Crippen molar-refractivity contribution < 1.29 is 9.59 Å². The average molecular weight is 606 g/mol. The molecule has 0 spiro atoms. The number of fused-ring (bicyclic) bond motifs is 2. The summed E-state index contributed by atoms with van der Waals surface area (Å²) in [6.45, 7) is 0. The molecule has 7 rings (SSSR count). The predicted molar refractivity (Wildman–Crippen MR) is 161 cm³/mol. The summed E-state index contributed by atoms with van der Waals surface area (Å²) < 4.78 is 0. The first-order valence-corrected chi connectivity index (χ1v) is 14.9. The summed E-state index contributed by atoms with van der Waals surface area (Å²) in [5.74, 6) is -1.58. The van der Waals surface area contributed by atoms with Crippen molar-refractivity contribution in [2.75, 3.05) is 0 Å². The molecule has 3 aliphatic rings. The van der Waals surface area contributed by atoms with E-state index in [1.807, 2.05) is 97.1 Å². The number of carbonyl (C=O) groups is 2. The van der Waals surface area contributed by atoms with Gasteiger partial charge in [-0.15, -0.1) is 0 Å². The van der Waals surface area contributed by atoms with Gasteiger partial charge < -0.3 is 0 Å². The van der Waals surface area contributed by atoms with E-state index >= 15 is 0 Å². The van der Waals surface area contributed by atoms with Crippen LogP contribution in [0, 0.1) is 23.7 Å². The zero-order valence-corrected chi connectivity index (χ0v) is 24.2. The van der Waals surface area contributed by atoms with Crippen LogP contribution in [0.15, 0.2) is 97.1 Å². The van der Waals surface area contributed by atoms with Gasteiger partial charge in [-0.3, -0.25) is 9.59 Å². The molecule has 8 atom stereocenters. The Hall–Kier alpha value is -2.62. The Bertz CT molecular complexity index is 1350. The molecule has 3 aliphatic carbocycles. The summed E-state index contributed by atoms with van der Waals surface area (Å²) >= 11 is 24.9. The van der Waals surface area contributed by atoms with E-state index in [0.717, 1.165) is 22.3 Å². The molecule has 200 valence electrons. The van der Waals surface area contributed by atoms with Gasteiger partial charge in [-0.1, -0.05) is 94.9 Å². The van der Waals surface area contributed by atoms with Crippen molar-refractivity contribution in [1.82, 2.24) is 0 Å². The highest BCUT2D eigenvalue weighted by Crippen LogP contribution is 2.70. The third-order valence-electron chi connectivity index (χ3n) is 9.43. The van der Waals surface area contributed by atoms with Crippen molar-refractivity contribution in [2.45, 2.75) is 23.7 Å². The predicted octanol–water partition coefficient (Wildman–Crippen LogP) is 9.38. The van der Waals surface area contributed by atoms with E-state index in [1.54, 1.807) is 0 Å². The quantitative estimate of drug-likeness (QED) is 0.232. The zero-order valence-electron chi connectivity index (χ0n) is 21.2. The van der Waals surface area contributed by atoms with Crippen LogP contribution in [0.2, 0.25) is 20.1 Å². The Morgan fingerprint density at radius 1 is 0.300 bits per heavy atom. The molecule has 4 aromatic carbocycles. The Balaban J connectivity index is 1.34. The molecule has 8 unspecified atom stereocenters. The van der Waals surface area contributed by atoms with Gasteiger partial charge in [0.2, 0.25) is 0 Å². The molecule has 3 saturated carbocycles. The topological polar surface area (TPSA) is 34.1 Å². The van der Waals surface area contributed by atoms with Crippen LogP contribution in [0.5, 0.6) is 0 Å². The minimum atomic E-state index is -0.378. The SMILES string of the molecule is O=C1C2C(C(=O)C3C1C(c1ccc(Cl)cc1)C3c1ccc(Cl)cc1)C(c1ccc(Cl)cc1)C2c1ccc(Cl)cc1. The molecule has 0 N–H and O–H groups in total. The van der Waals surface area contributed by atoms with Gasteiger partial charge in [0, 0.05) is 67.4 Å². The summed E-state index contributed by atoms with van der Waals surface area (Å²) in [6, 6.07) is 30.8. The Morgan fingerprint density at radius 2 is 0.475 bits per heavy atom. The second-order valence-corrected chi connectivity index (χ2v) is 13.0. The molecule has 0 radical (unpaired) electrons. The van der Waals surface area contributed by atoms with Gasteiger partial charge in [0.05, 0.1) is 0 Å². The van der Waals surface area contributed by atoms with E-state index in [-0.39, 0.29) is 58.9 Å². The van der Waals surface area contributed by atoms with E-state index in [9.17, 15) is 9.59 Å². The lowest BCUT2D eigenvalue weighted by Crippen LogP contribution is -2.66. The highest BCUT2D eigenvalue weighted by molar-refractivity contribution is 6.31. The fraction of sp³-hybridized carbons (Fsp3) is 0.235. The lowest BCUT2D eigenvalue weighted by molar-refractivity contribution is -0.168.